The van der Waals surface area contributed by atoms with Gasteiger partial charge in [0.2, 0.25) is 11.8 Å². The predicted molar refractivity (Wildman–Crippen MR) is 77.8 cm³/mol. The highest BCUT2D eigenvalue weighted by atomic mass is 32.1. The van der Waals surface area contributed by atoms with Gasteiger partial charge in [0, 0.05) is 28.9 Å². The van der Waals surface area contributed by atoms with Gasteiger partial charge in [-0.1, -0.05) is 6.07 Å². The summed E-state index contributed by atoms with van der Waals surface area (Å²) in [6.07, 6.45) is 3.27. The molecule has 2 heterocycles. The van der Waals surface area contributed by atoms with Crippen LogP contribution in [0.5, 0.6) is 0 Å². The Balaban J connectivity index is 1.70. The molecule has 2 aromatic rings. The number of hydrogen-bond donors (Lipinski definition) is 2. The first kappa shape index (κ1) is 12.8. The van der Waals surface area contributed by atoms with Crippen LogP contribution in [-0.4, -0.2) is 16.8 Å². The summed E-state index contributed by atoms with van der Waals surface area (Å²) in [6, 6.07) is 5.61. The van der Waals surface area contributed by atoms with Gasteiger partial charge in [-0.25, -0.2) is 0 Å². The fourth-order valence-electron chi connectivity index (χ4n) is 2.14. The summed E-state index contributed by atoms with van der Waals surface area (Å²) in [5, 5.41) is 5.65. The lowest BCUT2D eigenvalue weighted by Gasteiger charge is -2.17. The minimum atomic E-state index is -0.0867. The smallest absolute Gasteiger partial charge is 0.229 e. The largest absolute Gasteiger partial charge is 0.326 e. The molecule has 0 saturated carbocycles. The van der Waals surface area contributed by atoms with Crippen LogP contribution in [0.4, 0.5) is 11.4 Å². The average molecular weight is 287 g/mol. The van der Waals surface area contributed by atoms with Gasteiger partial charge in [-0.05, 0) is 24.1 Å². The van der Waals surface area contributed by atoms with E-state index in [0.717, 1.165) is 22.5 Å². The maximum absolute atomic E-state index is 11.9. The summed E-state index contributed by atoms with van der Waals surface area (Å²) in [6.45, 7) is 0. The molecule has 2 N–H and O–H groups in total. The lowest BCUT2D eigenvalue weighted by molar-refractivity contribution is -0.116. The van der Waals surface area contributed by atoms with Crippen molar-refractivity contribution in [1.29, 1.82) is 0 Å². The van der Waals surface area contributed by atoms with Crippen LogP contribution in [0.15, 0.2) is 29.9 Å². The van der Waals surface area contributed by atoms with Crippen molar-refractivity contribution >= 4 is 34.5 Å². The van der Waals surface area contributed by atoms with Crippen molar-refractivity contribution in [2.24, 2.45) is 0 Å². The molecule has 6 heteroatoms. The van der Waals surface area contributed by atoms with Crippen molar-refractivity contribution in [3.8, 4) is 0 Å². The van der Waals surface area contributed by atoms with Crippen molar-refractivity contribution in [3.63, 3.8) is 0 Å². The fourth-order valence-corrected chi connectivity index (χ4v) is 2.74. The first-order chi connectivity index (χ1) is 9.70. The highest BCUT2D eigenvalue weighted by molar-refractivity contribution is 7.09. The molecule has 20 heavy (non-hydrogen) atoms. The molecule has 1 aliphatic rings. The molecule has 1 aromatic carbocycles. The predicted octanol–water partition coefficient (Wildman–Crippen LogP) is 2.21. The molecule has 3 rings (SSSR count). The zero-order valence-corrected chi connectivity index (χ0v) is 11.5. The topological polar surface area (TPSA) is 71.1 Å². The number of aryl methyl sites for hydroxylation is 1. The molecule has 0 aliphatic carbocycles. The number of amides is 2. The van der Waals surface area contributed by atoms with E-state index in [1.807, 2.05) is 12.1 Å². The third-order valence-corrected chi connectivity index (χ3v) is 3.89. The number of hydrogen-bond acceptors (Lipinski definition) is 4. The summed E-state index contributed by atoms with van der Waals surface area (Å²) in [5.41, 5.74) is 4.29. The highest BCUT2D eigenvalue weighted by Crippen LogP contribution is 2.26. The Labute approximate surface area is 120 Å². The van der Waals surface area contributed by atoms with Gasteiger partial charge in [0.1, 0.15) is 0 Å². The van der Waals surface area contributed by atoms with E-state index in [0.29, 0.717) is 18.5 Å². The molecule has 0 spiro atoms. The van der Waals surface area contributed by atoms with E-state index >= 15 is 0 Å². The van der Waals surface area contributed by atoms with Crippen molar-refractivity contribution in [2.45, 2.75) is 19.3 Å². The molecule has 2 amide bonds. The molecular weight excluding hydrogens is 274 g/mol. The van der Waals surface area contributed by atoms with Gasteiger partial charge < -0.3 is 10.6 Å². The number of aromatic nitrogens is 1. The summed E-state index contributed by atoms with van der Waals surface area (Å²) in [7, 11) is 0. The highest BCUT2D eigenvalue weighted by Gasteiger charge is 2.15. The van der Waals surface area contributed by atoms with Gasteiger partial charge in [-0.3, -0.25) is 14.6 Å². The van der Waals surface area contributed by atoms with Crippen LogP contribution < -0.4 is 10.6 Å². The van der Waals surface area contributed by atoms with Crippen molar-refractivity contribution in [1.82, 2.24) is 4.98 Å². The van der Waals surface area contributed by atoms with Crippen LogP contribution in [0, 0.1) is 0 Å². The number of nitrogens with one attached hydrogen (secondary N) is 2. The second-order valence-corrected chi connectivity index (χ2v) is 5.58. The Morgan fingerprint density at radius 3 is 3.10 bits per heavy atom. The number of fused-ring (bicyclic) bond motifs is 1. The molecular formula is C14H13N3O2S. The number of carbonyl (C=O) groups is 2. The van der Waals surface area contributed by atoms with Crippen molar-refractivity contribution < 1.29 is 9.59 Å². The lowest BCUT2D eigenvalue weighted by atomic mass is 10.0. The number of benzene rings is 1. The third kappa shape index (κ3) is 2.85. The molecule has 0 radical (unpaired) electrons. The van der Waals surface area contributed by atoms with Crippen molar-refractivity contribution in [2.75, 3.05) is 10.6 Å². The first-order valence-electron chi connectivity index (χ1n) is 6.31. The molecule has 1 aliphatic heterocycles. The Bertz CT molecular complexity index is 652. The zero-order valence-electron chi connectivity index (χ0n) is 10.7. The van der Waals surface area contributed by atoms with E-state index in [1.54, 1.807) is 17.8 Å². The second kappa shape index (κ2) is 5.42. The fraction of sp³-hybridized carbons (Fsp3) is 0.214. The Kier molecular flexibility index (Phi) is 3.47. The summed E-state index contributed by atoms with van der Waals surface area (Å²) in [4.78, 5) is 28.1. The van der Waals surface area contributed by atoms with Gasteiger partial charge in [0.05, 0.1) is 11.9 Å². The first-order valence-corrected chi connectivity index (χ1v) is 7.19. The maximum Gasteiger partial charge on any atom is 0.229 e. The molecule has 0 unspecified atom stereocenters. The van der Waals surface area contributed by atoms with Gasteiger partial charge in [0.25, 0.3) is 0 Å². The van der Waals surface area contributed by atoms with E-state index in [-0.39, 0.29) is 11.8 Å². The van der Waals surface area contributed by atoms with Gasteiger partial charge in [-0.2, -0.15) is 0 Å². The second-order valence-electron chi connectivity index (χ2n) is 4.61. The van der Waals surface area contributed by atoms with E-state index in [2.05, 4.69) is 15.6 Å². The SMILES string of the molecule is O=C(Cc1cncs1)Nc1ccc2c(c1)NC(=O)CC2. The van der Waals surface area contributed by atoms with Gasteiger partial charge in [0.15, 0.2) is 0 Å². The third-order valence-electron chi connectivity index (χ3n) is 3.11. The lowest BCUT2D eigenvalue weighted by Crippen LogP contribution is -2.19. The molecule has 0 bridgehead atoms. The zero-order chi connectivity index (χ0) is 13.9. The van der Waals surface area contributed by atoms with E-state index in [1.165, 1.54) is 11.3 Å². The van der Waals surface area contributed by atoms with Crippen LogP contribution in [0.3, 0.4) is 0 Å². The Hall–Kier alpha value is -2.21. The van der Waals surface area contributed by atoms with E-state index in [4.69, 9.17) is 0 Å². The minimum Gasteiger partial charge on any atom is -0.326 e. The van der Waals surface area contributed by atoms with Crippen LogP contribution in [0.2, 0.25) is 0 Å². The number of carbonyl (C=O) groups excluding carboxylic acids is 2. The molecule has 0 atom stereocenters. The van der Waals surface area contributed by atoms with Gasteiger partial charge in [-0.15, -0.1) is 11.3 Å². The Morgan fingerprint density at radius 2 is 2.30 bits per heavy atom. The number of rotatable bonds is 3. The number of thiazole rings is 1. The molecule has 5 nitrogen and oxygen atoms in total. The van der Waals surface area contributed by atoms with Gasteiger partial charge >= 0.3 is 0 Å². The normalized spacial score (nSPS) is 13.5. The summed E-state index contributed by atoms with van der Waals surface area (Å²) >= 11 is 1.46. The monoisotopic (exact) mass is 287 g/mol. The van der Waals surface area contributed by atoms with E-state index in [9.17, 15) is 9.59 Å². The summed E-state index contributed by atoms with van der Waals surface area (Å²) in [5.74, 6) is -0.0676. The van der Waals surface area contributed by atoms with Crippen LogP contribution in [-0.2, 0) is 22.4 Å². The number of nitrogens with zero attached hydrogens (tertiary/aromatic N) is 1. The van der Waals surface area contributed by atoms with Crippen molar-refractivity contribution in [3.05, 3.63) is 40.3 Å². The molecule has 1 aromatic heterocycles. The Morgan fingerprint density at radius 1 is 1.40 bits per heavy atom. The summed E-state index contributed by atoms with van der Waals surface area (Å²) < 4.78 is 0. The van der Waals surface area contributed by atoms with Crippen LogP contribution in [0.25, 0.3) is 0 Å². The number of anilines is 2. The molecule has 0 fully saturated rings. The maximum atomic E-state index is 11.9. The van der Waals surface area contributed by atoms with E-state index < -0.39 is 0 Å². The van der Waals surface area contributed by atoms with Crippen LogP contribution >= 0.6 is 11.3 Å². The average Bonchev–Trinajstić information content (AvgIpc) is 2.91. The van der Waals surface area contributed by atoms with Crippen LogP contribution in [0.1, 0.15) is 16.9 Å². The molecule has 102 valence electrons. The quantitative estimate of drug-likeness (QED) is 0.909. The standard InChI is InChI=1S/C14H13N3O2S/c18-13-4-2-9-1-3-10(5-12(9)17-13)16-14(19)6-11-7-15-8-20-11/h1,3,5,7-8H,2,4,6H2,(H,16,19)(H,17,18). The molecule has 0 saturated heterocycles. The minimum absolute atomic E-state index is 0.0191.